The maximum Gasteiger partial charge on any atom is 0.288 e. The molecule has 5 nitrogen and oxygen atoms in total. The molecule has 6 heteroatoms. The second-order valence-corrected chi connectivity index (χ2v) is 15.2. The smallest absolute Gasteiger partial charge is 0.288 e. The topological polar surface area (TPSA) is 71.7 Å². The van der Waals surface area contributed by atoms with Gasteiger partial charge in [0.25, 0.3) is 8.32 Å². The first-order valence-corrected chi connectivity index (χ1v) is 16.8. The van der Waals surface area contributed by atoms with Crippen molar-refractivity contribution in [2.75, 3.05) is 19.8 Å². The molecular weight excluding hydrogens is 526 g/mol. The molecule has 2 saturated carbocycles. The summed E-state index contributed by atoms with van der Waals surface area (Å²) in [6.45, 7) is 5.34. The fourth-order valence-electron chi connectivity index (χ4n) is 8.00. The van der Waals surface area contributed by atoms with Crippen LogP contribution in [-0.2, 0) is 13.9 Å². The third-order valence-electron chi connectivity index (χ3n) is 9.75. The van der Waals surface area contributed by atoms with E-state index in [0.717, 1.165) is 47.7 Å². The molecule has 3 aromatic rings. The van der Waals surface area contributed by atoms with Gasteiger partial charge in [0.15, 0.2) is 5.79 Å². The lowest BCUT2D eigenvalue weighted by molar-refractivity contribution is -0.210. The standard InChI is InChI=1S/C35H39NO4Si/c1-27(26-37)32(24-34-19-11-12-28(25-36)33(34)35(21-20-34)38-22-23-39-35)40-41(29-13-5-2-6-14-29,30-15-7-3-8-16-30)31-17-9-4-10-18-31/h2-10,13-18,28,32-33,37H,1,11-12,19-24,26H2/t28?,32-,33?,34?/m0/s1. The molecule has 212 valence electrons. The summed E-state index contributed by atoms with van der Waals surface area (Å²) in [6, 6.07) is 34.2. The largest absolute Gasteiger partial charge is 0.397 e. The number of aliphatic hydroxyl groups excluding tert-OH is 1. The Hall–Kier alpha value is -3.05. The molecular formula is C35H39NO4Si. The quantitative estimate of drug-likeness (QED) is 0.236. The van der Waals surface area contributed by atoms with Crippen molar-refractivity contribution in [3.8, 4) is 6.07 Å². The Morgan fingerprint density at radius 1 is 0.902 bits per heavy atom. The minimum atomic E-state index is -3.06. The van der Waals surface area contributed by atoms with E-state index in [4.69, 9.17) is 13.9 Å². The second-order valence-electron chi connectivity index (χ2n) is 11.9. The summed E-state index contributed by atoms with van der Waals surface area (Å²) in [5.74, 6) is -0.861. The summed E-state index contributed by atoms with van der Waals surface area (Å²) < 4.78 is 20.2. The van der Waals surface area contributed by atoms with E-state index in [-0.39, 0.29) is 23.9 Å². The minimum Gasteiger partial charge on any atom is -0.397 e. The SMILES string of the molecule is C=C(CO)[C@H](CC12CCCC(C#N)C1C1(CC2)OCCO1)O[Si](c1ccccc1)(c1ccccc1)c1ccccc1. The number of rotatable bonds is 9. The number of hydrogen-bond donors (Lipinski definition) is 1. The average molecular weight is 566 g/mol. The average Bonchev–Trinajstić information content (AvgIpc) is 3.65. The highest BCUT2D eigenvalue weighted by Crippen LogP contribution is 2.63. The van der Waals surface area contributed by atoms with Crippen LogP contribution in [0.2, 0.25) is 0 Å². The van der Waals surface area contributed by atoms with Gasteiger partial charge in [0, 0.05) is 12.3 Å². The molecule has 0 aromatic heterocycles. The third-order valence-corrected chi connectivity index (χ3v) is 13.8. The van der Waals surface area contributed by atoms with Crippen LogP contribution in [0.25, 0.3) is 0 Å². The zero-order chi connectivity index (χ0) is 28.3. The van der Waals surface area contributed by atoms with Crippen LogP contribution in [0.3, 0.4) is 0 Å². The Bertz CT molecular complexity index is 1270. The zero-order valence-corrected chi connectivity index (χ0v) is 24.6. The molecule has 1 N–H and O–H groups in total. The lowest BCUT2D eigenvalue weighted by atomic mass is 9.60. The molecule has 6 rings (SSSR count). The lowest BCUT2D eigenvalue weighted by Gasteiger charge is -2.48. The lowest BCUT2D eigenvalue weighted by Crippen LogP contribution is -2.70. The molecule has 3 aromatic carbocycles. The van der Waals surface area contributed by atoms with Crippen LogP contribution < -0.4 is 15.6 Å². The number of nitriles is 1. The molecule has 3 aliphatic rings. The number of ether oxygens (including phenoxy) is 2. The van der Waals surface area contributed by atoms with E-state index in [9.17, 15) is 10.4 Å². The first-order chi connectivity index (χ1) is 20.1. The van der Waals surface area contributed by atoms with Gasteiger partial charge in [0.05, 0.1) is 37.9 Å². The maximum atomic E-state index is 10.5. The van der Waals surface area contributed by atoms with Crippen LogP contribution in [0.4, 0.5) is 0 Å². The number of hydrogen-bond acceptors (Lipinski definition) is 5. The molecule has 41 heavy (non-hydrogen) atoms. The van der Waals surface area contributed by atoms with Gasteiger partial charge in [-0.3, -0.25) is 0 Å². The highest BCUT2D eigenvalue weighted by atomic mass is 28.4. The Morgan fingerprint density at radius 2 is 1.44 bits per heavy atom. The third kappa shape index (κ3) is 4.90. The molecule has 0 amide bonds. The van der Waals surface area contributed by atoms with Crippen molar-refractivity contribution in [2.24, 2.45) is 17.3 Å². The van der Waals surface area contributed by atoms with Crippen molar-refractivity contribution in [1.29, 1.82) is 5.26 Å². The van der Waals surface area contributed by atoms with E-state index >= 15 is 0 Å². The van der Waals surface area contributed by atoms with Gasteiger partial charge in [-0.05, 0) is 52.2 Å². The summed E-state index contributed by atoms with van der Waals surface area (Å²) in [4.78, 5) is 0. The molecule has 1 heterocycles. The van der Waals surface area contributed by atoms with Crippen LogP contribution in [0.5, 0.6) is 0 Å². The number of nitrogens with zero attached hydrogens (tertiary/aromatic N) is 1. The van der Waals surface area contributed by atoms with E-state index in [0.29, 0.717) is 25.2 Å². The van der Waals surface area contributed by atoms with Crippen LogP contribution in [0.1, 0.15) is 38.5 Å². The fraction of sp³-hybridized carbons (Fsp3) is 0.400. The van der Waals surface area contributed by atoms with Gasteiger partial charge in [0.1, 0.15) is 0 Å². The Morgan fingerprint density at radius 3 is 1.93 bits per heavy atom. The second kappa shape index (κ2) is 11.7. The summed E-state index contributed by atoms with van der Waals surface area (Å²) >= 11 is 0. The van der Waals surface area contributed by atoms with Gasteiger partial charge in [0.2, 0.25) is 0 Å². The number of aliphatic hydroxyl groups is 1. The Labute approximate surface area is 244 Å². The van der Waals surface area contributed by atoms with E-state index in [1.807, 2.05) is 18.2 Å². The van der Waals surface area contributed by atoms with Gasteiger partial charge in [-0.2, -0.15) is 5.26 Å². The van der Waals surface area contributed by atoms with Gasteiger partial charge in [-0.15, -0.1) is 0 Å². The first kappa shape index (κ1) is 28.1. The van der Waals surface area contributed by atoms with Crippen molar-refractivity contribution in [2.45, 2.75) is 50.4 Å². The van der Waals surface area contributed by atoms with Crippen molar-refractivity contribution in [3.63, 3.8) is 0 Å². The molecule has 3 unspecified atom stereocenters. The normalized spacial score (nSPS) is 25.9. The van der Waals surface area contributed by atoms with Gasteiger partial charge >= 0.3 is 0 Å². The highest BCUT2D eigenvalue weighted by Gasteiger charge is 2.64. The molecule has 1 saturated heterocycles. The number of benzene rings is 3. The van der Waals surface area contributed by atoms with Gasteiger partial charge < -0.3 is 19.0 Å². The predicted octanol–water partition coefficient (Wildman–Crippen LogP) is 4.44. The first-order valence-electron chi connectivity index (χ1n) is 14.9. The highest BCUT2D eigenvalue weighted by molar-refractivity contribution is 7.07. The zero-order valence-electron chi connectivity index (χ0n) is 23.6. The molecule has 3 fully saturated rings. The van der Waals surface area contributed by atoms with Crippen molar-refractivity contribution in [1.82, 2.24) is 0 Å². The summed E-state index contributed by atoms with van der Waals surface area (Å²) in [5.41, 5.74) is 0.474. The van der Waals surface area contributed by atoms with Crippen molar-refractivity contribution in [3.05, 3.63) is 103 Å². The summed E-state index contributed by atoms with van der Waals surface area (Å²) in [7, 11) is -3.06. The Balaban J connectivity index is 1.48. The van der Waals surface area contributed by atoms with Gasteiger partial charge in [-0.1, -0.05) is 104 Å². The minimum absolute atomic E-state index is 0.0323. The van der Waals surface area contributed by atoms with E-state index in [1.165, 1.54) is 0 Å². The molecule has 0 bridgehead atoms. The molecule has 4 atom stereocenters. The van der Waals surface area contributed by atoms with Crippen LogP contribution in [-0.4, -0.2) is 45.1 Å². The Kier molecular flexibility index (Phi) is 8.00. The van der Waals surface area contributed by atoms with E-state index < -0.39 is 20.2 Å². The fourth-order valence-corrected chi connectivity index (χ4v) is 12.1. The molecule has 2 aliphatic carbocycles. The van der Waals surface area contributed by atoms with Gasteiger partial charge in [-0.25, -0.2) is 0 Å². The van der Waals surface area contributed by atoms with E-state index in [1.54, 1.807) is 0 Å². The summed E-state index contributed by atoms with van der Waals surface area (Å²) in [5, 5.41) is 24.2. The summed E-state index contributed by atoms with van der Waals surface area (Å²) in [6.07, 6.45) is 4.79. The number of fused-ring (bicyclic) bond motifs is 2. The molecule has 1 spiro atoms. The van der Waals surface area contributed by atoms with Crippen LogP contribution in [0.15, 0.2) is 103 Å². The van der Waals surface area contributed by atoms with Crippen molar-refractivity contribution >= 4 is 23.9 Å². The molecule has 0 radical (unpaired) electrons. The van der Waals surface area contributed by atoms with Crippen LogP contribution >= 0.6 is 0 Å². The van der Waals surface area contributed by atoms with Crippen LogP contribution in [0, 0.1) is 28.6 Å². The predicted molar refractivity (Wildman–Crippen MR) is 162 cm³/mol. The maximum absolute atomic E-state index is 10.5. The van der Waals surface area contributed by atoms with E-state index in [2.05, 4.69) is 85.4 Å². The monoisotopic (exact) mass is 565 g/mol. The van der Waals surface area contributed by atoms with Crippen molar-refractivity contribution < 1.29 is 19.0 Å². The molecule has 1 aliphatic heterocycles.